The monoisotopic (exact) mass is 375 g/mol. The molecule has 2 fully saturated rings. The second-order valence-electron chi connectivity index (χ2n) is 7.67. The van der Waals surface area contributed by atoms with Crippen LogP contribution in [0, 0.1) is 5.41 Å². The molecular weight excluding hydrogens is 346 g/mol. The number of carbonyl (C=O) groups is 2. The lowest BCUT2D eigenvalue weighted by molar-refractivity contribution is -0.177. The Morgan fingerprint density at radius 2 is 1.74 bits per heavy atom. The minimum absolute atomic E-state index is 0.112. The molecule has 27 heavy (non-hydrogen) atoms. The van der Waals surface area contributed by atoms with Crippen molar-refractivity contribution in [1.29, 1.82) is 0 Å². The average Bonchev–Trinajstić information content (AvgIpc) is 2.66. The molecule has 1 saturated heterocycles. The number of likely N-dealkylation sites (tertiary alicyclic amines) is 1. The van der Waals surface area contributed by atoms with Crippen LogP contribution in [-0.2, 0) is 25.6 Å². The summed E-state index contributed by atoms with van der Waals surface area (Å²) in [6, 6.07) is 9.68. The van der Waals surface area contributed by atoms with Gasteiger partial charge in [0.15, 0.2) is 0 Å². The van der Waals surface area contributed by atoms with Crippen molar-refractivity contribution in [3.8, 4) is 0 Å². The van der Waals surface area contributed by atoms with Gasteiger partial charge < -0.3 is 19.1 Å². The van der Waals surface area contributed by atoms with E-state index in [-0.39, 0.29) is 24.3 Å². The fourth-order valence-electron chi connectivity index (χ4n) is 3.77. The van der Waals surface area contributed by atoms with Crippen molar-refractivity contribution in [2.45, 2.75) is 58.3 Å². The number of amides is 1. The van der Waals surface area contributed by atoms with E-state index in [1.165, 1.54) is 0 Å². The predicted octanol–water partition coefficient (Wildman–Crippen LogP) is 3.54. The van der Waals surface area contributed by atoms with Gasteiger partial charge in [0.1, 0.15) is 6.61 Å². The Bertz CT molecular complexity index is 633. The number of esters is 1. The number of ether oxygens (including phenoxy) is 3. The van der Waals surface area contributed by atoms with Gasteiger partial charge in [0.2, 0.25) is 0 Å². The van der Waals surface area contributed by atoms with Gasteiger partial charge in [-0.1, -0.05) is 30.3 Å². The normalized spacial score (nSPS) is 25.6. The molecule has 1 aliphatic heterocycles. The minimum Gasteiger partial charge on any atom is -0.466 e. The average molecular weight is 375 g/mol. The lowest BCUT2D eigenvalue weighted by Gasteiger charge is -2.44. The largest absolute Gasteiger partial charge is 0.466 e. The Hall–Kier alpha value is -2.08. The lowest BCUT2D eigenvalue weighted by Crippen LogP contribution is -2.49. The number of nitrogens with zero attached hydrogens (tertiary/aromatic N) is 1. The van der Waals surface area contributed by atoms with Gasteiger partial charge in [-0.2, -0.15) is 0 Å². The SMILES string of the molecule is CCOC(=O)[C@]1(C)C[C@H](OC2CCN(C(=O)OCc3ccccc3)CC2)C1. The first-order chi connectivity index (χ1) is 13.0. The highest BCUT2D eigenvalue weighted by Gasteiger charge is 2.48. The first kappa shape index (κ1) is 19.7. The summed E-state index contributed by atoms with van der Waals surface area (Å²) in [5.41, 5.74) is 0.585. The Kier molecular flexibility index (Phi) is 6.37. The molecule has 0 bridgehead atoms. The molecule has 0 spiro atoms. The van der Waals surface area contributed by atoms with Gasteiger partial charge in [-0.25, -0.2) is 4.79 Å². The Balaban J connectivity index is 1.35. The van der Waals surface area contributed by atoms with E-state index in [9.17, 15) is 9.59 Å². The first-order valence-electron chi connectivity index (χ1n) is 9.78. The second kappa shape index (κ2) is 8.74. The summed E-state index contributed by atoms with van der Waals surface area (Å²) in [6.45, 7) is 5.76. The second-order valence-corrected chi connectivity index (χ2v) is 7.67. The van der Waals surface area contributed by atoms with Crippen LogP contribution in [0.2, 0.25) is 0 Å². The van der Waals surface area contributed by atoms with Crippen molar-refractivity contribution in [2.75, 3.05) is 19.7 Å². The van der Waals surface area contributed by atoms with Crippen molar-refractivity contribution < 1.29 is 23.8 Å². The van der Waals surface area contributed by atoms with Crippen LogP contribution < -0.4 is 0 Å². The third-order valence-electron chi connectivity index (χ3n) is 5.41. The molecule has 0 aromatic heterocycles. The standard InChI is InChI=1S/C21H29NO5/c1-3-25-19(23)21(2)13-18(14-21)27-17-9-11-22(12-10-17)20(24)26-15-16-7-5-4-6-8-16/h4-8,17-18H,3,9-15H2,1-2H3/t18-,21+. The van der Waals surface area contributed by atoms with Gasteiger partial charge >= 0.3 is 12.1 Å². The molecule has 0 atom stereocenters. The van der Waals surface area contributed by atoms with E-state index in [0.29, 0.717) is 39.1 Å². The van der Waals surface area contributed by atoms with Gasteiger partial charge in [0.05, 0.1) is 24.2 Å². The maximum atomic E-state index is 12.2. The molecule has 1 amide bonds. The molecule has 6 nitrogen and oxygen atoms in total. The highest BCUT2D eigenvalue weighted by atomic mass is 16.6. The number of hydrogen-bond acceptors (Lipinski definition) is 5. The van der Waals surface area contributed by atoms with Crippen LogP contribution in [0.1, 0.15) is 45.1 Å². The molecule has 1 saturated carbocycles. The van der Waals surface area contributed by atoms with Crippen LogP contribution in [0.15, 0.2) is 30.3 Å². The summed E-state index contributed by atoms with van der Waals surface area (Å²) >= 11 is 0. The smallest absolute Gasteiger partial charge is 0.410 e. The minimum atomic E-state index is -0.400. The van der Waals surface area contributed by atoms with Gasteiger partial charge in [-0.3, -0.25) is 4.79 Å². The van der Waals surface area contributed by atoms with E-state index in [2.05, 4.69) is 0 Å². The number of carbonyl (C=O) groups excluding carboxylic acids is 2. The zero-order chi connectivity index (χ0) is 19.3. The Labute approximate surface area is 160 Å². The summed E-state index contributed by atoms with van der Waals surface area (Å²) in [5, 5.41) is 0. The number of piperidine rings is 1. The summed E-state index contributed by atoms with van der Waals surface area (Å²) in [7, 11) is 0. The van der Waals surface area contributed by atoms with Crippen LogP contribution in [0.25, 0.3) is 0 Å². The van der Waals surface area contributed by atoms with Gasteiger partial charge in [0, 0.05) is 13.1 Å². The lowest BCUT2D eigenvalue weighted by atomic mass is 9.68. The third-order valence-corrected chi connectivity index (χ3v) is 5.41. The van der Waals surface area contributed by atoms with E-state index in [0.717, 1.165) is 18.4 Å². The zero-order valence-electron chi connectivity index (χ0n) is 16.2. The molecule has 3 rings (SSSR count). The molecule has 1 aliphatic carbocycles. The van der Waals surface area contributed by atoms with E-state index >= 15 is 0 Å². The summed E-state index contributed by atoms with van der Waals surface area (Å²) < 4.78 is 16.6. The summed E-state index contributed by atoms with van der Waals surface area (Å²) in [4.78, 5) is 25.9. The predicted molar refractivity (Wildman–Crippen MR) is 100 cm³/mol. The third kappa shape index (κ3) is 5.01. The topological polar surface area (TPSA) is 65.1 Å². The van der Waals surface area contributed by atoms with E-state index in [1.807, 2.05) is 44.2 Å². The van der Waals surface area contributed by atoms with Crippen molar-refractivity contribution >= 4 is 12.1 Å². The molecule has 1 heterocycles. The molecule has 0 N–H and O–H groups in total. The van der Waals surface area contributed by atoms with Crippen LogP contribution in [0.3, 0.4) is 0 Å². The first-order valence-corrected chi connectivity index (χ1v) is 9.78. The highest BCUT2D eigenvalue weighted by Crippen LogP contribution is 2.44. The summed E-state index contributed by atoms with van der Waals surface area (Å²) in [5.74, 6) is -0.124. The highest BCUT2D eigenvalue weighted by molar-refractivity contribution is 5.77. The maximum absolute atomic E-state index is 12.2. The van der Waals surface area contributed by atoms with Crippen LogP contribution in [-0.4, -0.2) is 48.9 Å². The van der Waals surface area contributed by atoms with Crippen molar-refractivity contribution in [2.24, 2.45) is 5.41 Å². The fourth-order valence-corrected chi connectivity index (χ4v) is 3.77. The van der Waals surface area contributed by atoms with Crippen LogP contribution in [0.5, 0.6) is 0 Å². The Morgan fingerprint density at radius 1 is 1.07 bits per heavy atom. The van der Waals surface area contributed by atoms with E-state index in [4.69, 9.17) is 14.2 Å². The molecule has 0 unspecified atom stereocenters. The summed E-state index contributed by atoms with van der Waals surface area (Å²) in [6.07, 6.45) is 3.01. The molecule has 148 valence electrons. The number of rotatable bonds is 6. The zero-order valence-corrected chi connectivity index (χ0v) is 16.2. The molecular formula is C21H29NO5. The van der Waals surface area contributed by atoms with Crippen molar-refractivity contribution in [3.63, 3.8) is 0 Å². The van der Waals surface area contributed by atoms with Gasteiger partial charge in [-0.15, -0.1) is 0 Å². The van der Waals surface area contributed by atoms with Crippen LogP contribution >= 0.6 is 0 Å². The van der Waals surface area contributed by atoms with Crippen LogP contribution in [0.4, 0.5) is 4.79 Å². The molecule has 0 radical (unpaired) electrons. The molecule has 1 aromatic carbocycles. The number of benzene rings is 1. The van der Waals surface area contributed by atoms with Crippen molar-refractivity contribution in [3.05, 3.63) is 35.9 Å². The number of hydrogen-bond donors (Lipinski definition) is 0. The van der Waals surface area contributed by atoms with Gasteiger partial charge in [-0.05, 0) is 45.1 Å². The van der Waals surface area contributed by atoms with E-state index in [1.54, 1.807) is 4.90 Å². The van der Waals surface area contributed by atoms with E-state index < -0.39 is 5.41 Å². The molecule has 2 aliphatic rings. The van der Waals surface area contributed by atoms with Crippen molar-refractivity contribution in [1.82, 2.24) is 4.90 Å². The quantitative estimate of drug-likeness (QED) is 0.712. The molecule has 1 aromatic rings. The fraction of sp³-hybridized carbons (Fsp3) is 0.619. The maximum Gasteiger partial charge on any atom is 0.410 e. The van der Waals surface area contributed by atoms with Gasteiger partial charge in [0.25, 0.3) is 0 Å². The Morgan fingerprint density at radius 3 is 2.37 bits per heavy atom. The molecule has 6 heteroatoms.